The Hall–Kier alpha value is -3.96. The zero-order valence-corrected chi connectivity index (χ0v) is 16.8. The number of nitrogens with one attached hydrogen (secondary N) is 1. The molecule has 0 saturated carbocycles. The zero-order chi connectivity index (χ0) is 24.3. The first-order valence-corrected chi connectivity index (χ1v) is 8.86. The highest BCUT2D eigenvalue weighted by atomic mass is 19.4. The molecule has 12 heteroatoms. The molecule has 1 atom stereocenters. The van der Waals surface area contributed by atoms with Gasteiger partial charge in [0.2, 0.25) is 0 Å². The van der Waals surface area contributed by atoms with Crippen LogP contribution >= 0.6 is 0 Å². The maximum absolute atomic E-state index is 11.8. The van der Waals surface area contributed by atoms with E-state index in [1.165, 1.54) is 7.11 Å². The van der Waals surface area contributed by atoms with E-state index in [0.29, 0.717) is 17.0 Å². The lowest BCUT2D eigenvalue weighted by Gasteiger charge is -2.15. The van der Waals surface area contributed by atoms with Crippen molar-refractivity contribution in [3.63, 3.8) is 0 Å². The van der Waals surface area contributed by atoms with Gasteiger partial charge in [0.15, 0.2) is 0 Å². The molecule has 0 fully saturated rings. The Kier molecular flexibility index (Phi) is 9.80. The fourth-order valence-electron chi connectivity index (χ4n) is 2.25. The second-order valence-electron chi connectivity index (χ2n) is 6.18. The van der Waals surface area contributed by atoms with Crippen molar-refractivity contribution in [3.8, 4) is 5.75 Å². The van der Waals surface area contributed by atoms with Gasteiger partial charge in [-0.25, -0.2) is 14.4 Å². The topological polar surface area (TPSA) is 148 Å². The lowest BCUT2D eigenvalue weighted by Crippen LogP contribution is -2.42. The van der Waals surface area contributed by atoms with Crippen LogP contribution in [0.1, 0.15) is 11.1 Å². The first-order chi connectivity index (χ1) is 14.9. The fraction of sp³-hybridized carbons (Fsp3) is 0.250. The molecule has 0 unspecified atom stereocenters. The Bertz CT molecular complexity index is 921. The molecule has 0 heterocycles. The Balaban J connectivity index is 0.000000633. The normalized spacial score (nSPS) is 11.4. The SMILES string of the molecule is COc1ccc(C[C@H](NC(=O)OCc2ccccc2)C(=O)O)cc1N.O=C(O)C(F)(F)F. The highest BCUT2D eigenvalue weighted by molar-refractivity contribution is 5.80. The summed E-state index contributed by atoms with van der Waals surface area (Å²) in [7, 11) is 1.50. The average molecular weight is 458 g/mol. The van der Waals surface area contributed by atoms with Crippen LogP contribution in [0.5, 0.6) is 5.75 Å². The summed E-state index contributed by atoms with van der Waals surface area (Å²) in [5.41, 5.74) is 7.69. The van der Waals surface area contributed by atoms with Gasteiger partial charge in [-0.1, -0.05) is 36.4 Å². The zero-order valence-electron chi connectivity index (χ0n) is 16.8. The number of nitrogen functional groups attached to an aromatic ring is 1. The Morgan fingerprint density at radius 2 is 1.66 bits per heavy atom. The molecule has 2 aromatic carbocycles. The number of nitrogens with two attached hydrogens (primary N) is 1. The fourth-order valence-corrected chi connectivity index (χ4v) is 2.25. The molecular weight excluding hydrogens is 437 g/mol. The lowest BCUT2D eigenvalue weighted by molar-refractivity contribution is -0.192. The molecule has 174 valence electrons. The molecule has 0 aromatic heterocycles. The summed E-state index contributed by atoms with van der Waals surface area (Å²) in [6, 6.07) is 13.0. The number of methoxy groups -OCH3 is 1. The molecule has 0 aliphatic heterocycles. The van der Waals surface area contributed by atoms with E-state index in [0.717, 1.165) is 5.56 Å². The third-order valence-electron chi connectivity index (χ3n) is 3.78. The molecular formula is C20H21F3N2O7. The largest absolute Gasteiger partial charge is 0.495 e. The standard InChI is InChI=1S/C18H20N2O5.C2HF3O2/c1-24-16-8-7-13(9-14(16)19)10-15(17(21)22)20-18(23)25-11-12-5-3-2-4-6-12;3-2(4,5)1(6)7/h2-9,15H,10-11,19H2,1H3,(H,20,23)(H,21,22);(H,6,7)/t15-;/m0./s1. The summed E-state index contributed by atoms with van der Waals surface area (Å²) in [5, 5.41) is 18.8. The number of alkyl carbamates (subject to hydrolysis) is 1. The van der Waals surface area contributed by atoms with Crippen LogP contribution in [0.3, 0.4) is 0 Å². The van der Waals surface area contributed by atoms with Crippen LogP contribution in [0, 0.1) is 0 Å². The van der Waals surface area contributed by atoms with Crippen LogP contribution < -0.4 is 15.8 Å². The predicted molar refractivity (Wildman–Crippen MR) is 106 cm³/mol. The molecule has 0 aliphatic rings. The smallest absolute Gasteiger partial charge is 0.490 e. The highest BCUT2D eigenvalue weighted by Crippen LogP contribution is 2.22. The van der Waals surface area contributed by atoms with Gasteiger partial charge in [-0.05, 0) is 23.3 Å². The summed E-state index contributed by atoms with van der Waals surface area (Å²) in [4.78, 5) is 32.1. The average Bonchev–Trinajstić information content (AvgIpc) is 2.72. The van der Waals surface area contributed by atoms with Crippen molar-refractivity contribution in [1.82, 2.24) is 5.32 Å². The number of benzene rings is 2. The quantitative estimate of drug-likeness (QED) is 0.463. The van der Waals surface area contributed by atoms with Crippen LogP contribution in [0.25, 0.3) is 0 Å². The number of anilines is 1. The number of carboxylic acids is 2. The molecule has 2 aromatic rings. The molecule has 0 bridgehead atoms. The minimum absolute atomic E-state index is 0.0640. The van der Waals surface area contributed by atoms with Crippen LogP contribution in [-0.4, -0.2) is 47.6 Å². The monoisotopic (exact) mass is 458 g/mol. The van der Waals surface area contributed by atoms with Crippen molar-refractivity contribution in [2.45, 2.75) is 25.2 Å². The molecule has 5 N–H and O–H groups in total. The van der Waals surface area contributed by atoms with Gasteiger partial charge in [0.1, 0.15) is 18.4 Å². The van der Waals surface area contributed by atoms with Gasteiger partial charge in [-0.2, -0.15) is 13.2 Å². The van der Waals surface area contributed by atoms with E-state index in [9.17, 15) is 27.9 Å². The van der Waals surface area contributed by atoms with Gasteiger partial charge < -0.3 is 30.7 Å². The summed E-state index contributed by atoms with van der Waals surface area (Å²) in [5.74, 6) is -3.41. The van der Waals surface area contributed by atoms with Crippen molar-refractivity contribution in [3.05, 3.63) is 59.7 Å². The number of carboxylic acid groups (broad SMARTS) is 2. The van der Waals surface area contributed by atoms with Gasteiger partial charge in [0.05, 0.1) is 12.8 Å². The van der Waals surface area contributed by atoms with Crippen molar-refractivity contribution in [2.75, 3.05) is 12.8 Å². The molecule has 0 spiro atoms. The van der Waals surface area contributed by atoms with Crippen LogP contribution in [0.4, 0.5) is 23.7 Å². The van der Waals surface area contributed by atoms with E-state index < -0.39 is 30.2 Å². The van der Waals surface area contributed by atoms with Gasteiger partial charge in [-0.15, -0.1) is 0 Å². The van der Waals surface area contributed by atoms with E-state index in [2.05, 4.69) is 5.32 Å². The highest BCUT2D eigenvalue weighted by Gasteiger charge is 2.38. The first kappa shape index (κ1) is 26.1. The van der Waals surface area contributed by atoms with Gasteiger partial charge in [0.25, 0.3) is 0 Å². The van der Waals surface area contributed by atoms with Crippen LogP contribution in [0.2, 0.25) is 0 Å². The summed E-state index contributed by atoms with van der Waals surface area (Å²) < 4.78 is 41.8. The molecule has 0 aliphatic carbocycles. The van der Waals surface area contributed by atoms with Crippen LogP contribution in [0.15, 0.2) is 48.5 Å². The van der Waals surface area contributed by atoms with E-state index in [4.69, 9.17) is 25.1 Å². The van der Waals surface area contributed by atoms with E-state index in [1.54, 1.807) is 18.2 Å². The van der Waals surface area contributed by atoms with E-state index in [-0.39, 0.29) is 13.0 Å². The Morgan fingerprint density at radius 3 is 2.12 bits per heavy atom. The number of hydrogen-bond donors (Lipinski definition) is 4. The third kappa shape index (κ3) is 9.24. The van der Waals surface area contributed by atoms with Gasteiger partial charge in [0, 0.05) is 6.42 Å². The maximum atomic E-state index is 11.8. The second kappa shape index (κ2) is 12.0. The minimum atomic E-state index is -5.08. The molecule has 0 saturated heterocycles. The summed E-state index contributed by atoms with van der Waals surface area (Å²) in [6.07, 6.45) is -5.80. The number of amides is 1. The molecule has 32 heavy (non-hydrogen) atoms. The second-order valence-corrected chi connectivity index (χ2v) is 6.18. The number of carbonyl (C=O) groups excluding carboxylic acids is 1. The number of rotatable bonds is 7. The molecule has 2 rings (SSSR count). The van der Waals surface area contributed by atoms with Crippen molar-refractivity contribution >= 4 is 23.7 Å². The first-order valence-electron chi connectivity index (χ1n) is 8.86. The molecule has 1 amide bonds. The predicted octanol–water partition coefficient (Wildman–Crippen LogP) is 2.83. The van der Waals surface area contributed by atoms with E-state index >= 15 is 0 Å². The minimum Gasteiger partial charge on any atom is -0.495 e. The van der Waals surface area contributed by atoms with Crippen molar-refractivity contribution in [2.24, 2.45) is 0 Å². The molecule has 9 nitrogen and oxygen atoms in total. The summed E-state index contributed by atoms with van der Waals surface area (Å²) >= 11 is 0. The lowest BCUT2D eigenvalue weighted by atomic mass is 10.1. The third-order valence-corrected chi connectivity index (χ3v) is 3.78. The maximum Gasteiger partial charge on any atom is 0.490 e. The summed E-state index contributed by atoms with van der Waals surface area (Å²) in [6.45, 7) is 0.0640. The van der Waals surface area contributed by atoms with E-state index in [1.807, 2.05) is 30.3 Å². The number of alkyl halides is 3. The van der Waals surface area contributed by atoms with Crippen LogP contribution in [-0.2, 0) is 27.4 Å². The van der Waals surface area contributed by atoms with Crippen molar-refractivity contribution < 1.29 is 47.2 Å². The van der Waals surface area contributed by atoms with Gasteiger partial charge >= 0.3 is 24.2 Å². The Morgan fingerprint density at radius 1 is 1.06 bits per heavy atom. The number of ether oxygens (including phenoxy) is 2. The number of carbonyl (C=O) groups is 3. The number of hydrogen-bond acceptors (Lipinski definition) is 6. The number of aliphatic carboxylic acids is 2. The van der Waals surface area contributed by atoms with Crippen molar-refractivity contribution in [1.29, 1.82) is 0 Å². The molecule has 0 radical (unpaired) electrons. The van der Waals surface area contributed by atoms with Gasteiger partial charge in [-0.3, -0.25) is 0 Å². The number of halogens is 3. The Labute approximate surface area is 180 Å².